The zero-order valence-corrected chi connectivity index (χ0v) is 19.7. The number of nitrogens with one attached hydrogen (secondary N) is 1. The van der Waals surface area contributed by atoms with Gasteiger partial charge in [-0.15, -0.1) is 0 Å². The predicted molar refractivity (Wildman–Crippen MR) is 121 cm³/mol. The van der Waals surface area contributed by atoms with Crippen LogP contribution in [0.1, 0.15) is 37.3 Å². The highest BCUT2D eigenvalue weighted by molar-refractivity contribution is 7.89. The quantitative estimate of drug-likeness (QED) is 0.534. The maximum Gasteiger partial charge on any atom is 0.242 e. The first-order valence-electron chi connectivity index (χ1n) is 10.2. The Hall–Kier alpha value is -2.58. The molecule has 1 N–H and O–H groups in total. The summed E-state index contributed by atoms with van der Waals surface area (Å²) in [6.45, 7) is 4.97. The summed E-state index contributed by atoms with van der Waals surface area (Å²) >= 11 is 0. The molecular formula is C23H32N2O5S. The molecule has 0 atom stereocenters. The smallest absolute Gasteiger partial charge is 0.242 e. The molecule has 0 unspecified atom stereocenters. The van der Waals surface area contributed by atoms with Crippen LogP contribution in [-0.4, -0.2) is 53.0 Å². The Morgan fingerprint density at radius 1 is 1.10 bits per heavy atom. The van der Waals surface area contributed by atoms with Gasteiger partial charge in [-0.25, -0.2) is 12.7 Å². The van der Waals surface area contributed by atoms with Crippen molar-refractivity contribution in [3.63, 3.8) is 0 Å². The molecule has 0 saturated heterocycles. The van der Waals surface area contributed by atoms with Gasteiger partial charge in [-0.3, -0.25) is 4.79 Å². The van der Waals surface area contributed by atoms with E-state index < -0.39 is 10.0 Å². The molecule has 0 aromatic heterocycles. The lowest BCUT2D eigenvalue weighted by Gasteiger charge is -2.15. The van der Waals surface area contributed by atoms with Crippen molar-refractivity contribution in [1.82, 2.24) is 9.62 Å². The van der Waals surface area contributed by atoms with E-state index in [0.717, 1.165) is 15.6 Å². The number of aryl methyl sites for hydroxylation is 1. The van der Waals surface area contributed by atoms with Crippen molar-refractivity contribution in [2.75, 3.05) is 34.4 Å². The summed E-state index contributed by atoms with van der Waals surface area (Å²) in [5.41, 5.74) is 1.80. The third kappa shape index (κ3) is 6.70. The number of nitrogens with zero attached hydrogens (tertiary/aromatic N) is 1. The number of benzene rings is 2. The van der Waals surface area contributed by atoms with Crippen LogP contribution in [0.3, 0.4) is 0 Å². The van der Waals surface area contributed by atoms with Crippen LogP contribution in [0.25, 0.3) is 0 Å². The van der Waals surface area contributed by atoms with Gasteiger partial charge in [0.1, 0.15) is 18.1 Å². The molecule has 7 nitrogen and oxygen atoms in total. The third-order valence-corrected chi connectivity index (χ3v) is 6.69. The molecule has 2 aromatic rings. The summed E-state index contributed by atoms with van der Waals surface area (Å²) in [5, 5.41) is 2.84. The van der Waals surface area contributed by atoms with Crippen molar-refractivity contribution in [3.8, 4) is 11.5 Å². The summed E-state index contributed by atoms with van der Waals surface area (Å²) < 4.78 is 37.0. The minimum absolute atomic E-state index is 0.135. The molecule has 0 fully saturated rings. The highest BCUT2D eigenvalue weighted by Gasteiger charge is 2.19. The topological polar surface area (TPSA) is 84.9 Å². The molecule has 0 bridgehead atoms. The van der Waals surface area contributed by atoms with Crippen molar-refractivity contribution in [3.05, 3.63) is 53.6 Å². The van der Waals surface area contributed by atoms with Gasteiger partial charge in [0.2, 0.25) is 15.9 Å². The molecule has 0 spiro atoms. The van der Waals surface area contributed by atoms with E-state index in [1.165, 1.54) is 27.3 Å². The SMILES string of the molecule is COc1ccc(S(=O)(=O)N(C)C)cc1CCC(=O)NCCOc1ccccc1C(C)C. The fourth-order valence-electron chi connectivity index (χ4n) is 3.10. The maximum atomic E-state index is 12.4. The van der Waals surface area contributed by atoms with Gasteiger partial charge in [0.25, 0.3) is 0 Å². The number of methoxy groups -OCH3 is 1. The van der Waals surface area contributed by atoms with Crippen molar-refractivity contribution < 1.29 is 22.7 Å². The van der Waals surface area contributed by atoms with Gasteiger partial charge in [-0.1, -0.05) is 32.0 Å². The normalized spacial score (nSPS) is 11.6. The lowest BCUT2D eigenvalue weighted by molar-refractivity contribution is -0.121. The van der Waals surface area contributed by atoms with Crippen LogP contribution >= 0.6 is 0 Å². The zero-order valence-electron chi connectivity index (χ0n) is 18.8. The van der Waals surface area contributed by atoms with Crippen LogP contribution in [0.4, 0.5) is 0 Å². The Morgan fingerprint density at radius 3 is 2.45 bits per heavy atom. The lowest BCUT2D eigenvalue weighted by atomic mass is 10.0. The molecule has 0 aliphatic heterocycles. The number of hydrogen-bond acceptors (Lipinski definition) is 5. The van der Waals surface area contributed by atoms with Crippen LogP contribution in [0, 0.1) is 0 Å². The van der Waals surface area contributed by atoms with E-state index in [4.69, 9.17) is 9.47 Å². The van der Waals surface area contributed by atoms with E-state index in [-0.39, 0.29) is 17.2 Å². The number of amides is 1. The molecule has 0 aliphatic carbocycles. The van der Waals surface area contributed by atoms with Gasteiger partial charge < -0.3 is 14.8 Å². The average Bonchev–Trinajstić information content (AvgIpc) is 2.75. The number of carbonyl (C=O) groups excluding carboxylic acids is 1. The molecule has 0 aliphatic rings. The predicted octanol–water partition coefficient (Wildman–Crippen LogP) is 3.20. The van der Waals surface area contributed by atoms with Gasteiger partial charge in [-0.05, 0) is 47.7 Å². The Balaban J connectivity index is 1.90. The van der Waals surface area contributed by atoms with Crippen molar-refractivity contribution in [2.24, 2.45) is 0 Å². The molecular weight excluding hydrogens is 416 g/mol. The summed E-state index contributed by atoms with van der Waals surface area (Å²) in [6, 6.07) is 12.6. The number of sulfonamides is 1. The fourth-order valence-corrected chi connectivity index (χ4v) is 4.05. The Labute approximate surface area is 185 Å². The average molecular weight is 449 g/mol. The van der Waals surface area contributed by atoms with Crippen LogP contribution in [0.5, 0.6) is 11.5 Å². The van der Waals surface area contributed by atoms with E-state index in [1.807, 2.05) is 24.3 Å². The lowest BCUT2D eigenvalue weighted by Crippen LogP contribution is -2.28. The van der Waals surface area contributed by atoms with E-state index in [0.29, 0.717) is 36.8 Å². The second-order valence-corrected chi connectivity index (χ2v) is 9.80. The van der Waals surface area contributed by atoms with E-state index in [1.54, 1.807) is 12.1 Å². The molecule has 2 rings (SSSR count). The van der Waals surface area contributed by atoms with Crippen LogP contribution in [-0.2, 0) is 21.2 Å². The molecule has 0 radical (unpaired) electrons. The summed E-state index contributed by atoms with van der Waals surface area (Å²) in [5.74, 6) is 1.60. The van der Waals surface area contributed by atoms with Gasteiger partial charge in [0, 0.05) is 20.5 Å². The molecule has 1 amide bonds. The Kier molecular flexibility index (Phi) is 8.88. The van der Waals surface area contributed by atoms with E-state index >= 15 is 0 Å². The molecule has 8 heteroatoms. The number of rotatable bonds is 11. The fraction of sp³-hybridized carbons (Fsp3) is 0.435. The van der Waals surface area contributed by atoms with Crippen LogP contribution in [0.15, 0.2) is 47.4 Å². The number of hydrogen-bond donors (Lipinski definition) is 1. The minimum Gasteiger partial charge on any atom is -0.496 e. The van der Waals surface area contributed by atoms with Crippen molar-refractivity contribution in [1.29, 1.82) is 0 Å². The number of para-hydroxylation sites is 1. The molecule has 0 saturated carbocycles. The standard InChI is InChI=1S/C23H32N2O5S/c1-17(2)20-8-6-7-9-22(20)30-15-14-24-23(26)13-10-18-16-19(11-12-21(18)29-5)31(27,28)25(3)4/h6-9,11-12,16-17H,10,13-15H2,1-5H3,(H,24,26). The monoisotopic (exact) mass is 448 g/mol. The second kappa shape index (κ2) is 11.2. The van der Waals surface area contributed by atoms with Gasteiger partial charge in [0.15, 0.2) is 0 Å². The van der Waals surface area contributed by atoms with Gasteiger partial charge in [-0.2, -0.15) is 0 Å². The van der Waals surface area contributed by atoms with E-state index in [9.17, 15) is 13.2 Å². The molecule has 170 valence electrons. The van der Waals surface area contributed by atoms with Gasteiger partial charge in [0.05, 0.1) is 18.6 Å². The number of carbonyl (C=O) groups is 1. The van der Waals surface area contributed by atoms with Crippen LogP contribution in [0.2, 0.25) is 0 Å². The minimum atomic E-state index is -3.56. The Morgan fingerprint density at radius 2 is 1.81 bits per heavy atom. The maximum absolute atomic E-state index is 12.4. The van der Waals surface area contributed by atoms with Crippen molar-refractivity contribution in [2.45, 2.75) is 37.5 Å². The second-order valence-electron chi connectivity index (χ2n) is 7.65. The molecule has 31 heavy (non-hydrogen) atoms. The third-order valence-electron chi connectivity index (χ3n) is 4.87. The summed E-state index contributed by atoms with van der Waals surface area (Å²) in [6.07, 6.45) is 0.577. The number of ether oxygens (including phenoxy) is 2. The Bertz CT molecular complexity index is 987. The summed E-state index contributed by atoms with van der Waals surface area (Å²) in [4.78, 5) is 12.4. The molecule has 0 heterocycles. The van der Waals surface area contributed by atoms with Crippen molar-refractivity contribution >= 4 is 15.9 Å². The highest BCUT2D eigenvalue weighted by atomic mass is 32.2. The first-order chi connectivity index (χ1) is 14.7. The first-order valence-corrected chi connectivity index (χ1v) is 11.7. The van der Waals surface area contributed by atoms with Crippen LogP contribution < -0.4 is 14.8 Å². The van der Waals surface area contributed by atoms with E-state index in [2.05, 4.69) is 19.2 Å². The first kappa shape index (κ1) is 24.7. The largest absolute Gasteiger partial charge is 0.496 e. The highest BCUT2D eigenvalue weighted by Crippen LogP contribution is 2.26. The summed E-state index contributed by atoms with van der Waals surface area (Å²) in [7, 11) is 0.924. The molecule has 2 aromatic carbocycles. The van der Waals surface area contributed by atoms with Gasteiger partial charge >= 0.3 is 0 Å². The zero-order chi connectivity index (χ0) is 23.0.